The molecule has 6 heteroatoms. The lowest BCUT2D eigenvalue weighted by Crippen LogP contribution is -2.38. The van der Waals surface area contributed by atoms with Crippen LogP contribution in [0.4, 0.5) is 0 Å². The standard InChI is InChI=1S/C16H31N5.HI/c1-5-17-16(18-10-6-8-14(2)3)19-11-7-9-15-12-20-21(4)13-15;/h12-14H,5-11H2,1-4H3,(H2,17,18,19);1H. The molecule has 0 amide bonds. The third kappa shape index (κ3) is 10.0. The normalized spacial score (nSPS) is 11.4. The number of aryl methyl sites for hydroxylation is 2. The average molecular weight is 421 g/mol. The Kier molecular flexibility index (Phi) is 12.3. The molecule has 0 bridgehead atoms. The van der Waals surface area contributed by atoms with Crippen LogP contribution < -0.4 is 10.6 Å². The van der Waals surface area contributed by atoms with E-state index in [4.69, 9.17) is 0 Å². The summed E-state index contributed by atoms with van der Waals surface area (Å²) in [5.41, 5.74) is 1.28. The first-order valence-electron chi connectivity index (χ1n) is 8.11. The molecule has 0 saturated carbocycles. The van der Waals surface area contributed by atoms with E-state index in [2.05, 4.69) is 47.7 Å². The monoisotopic (exact) mass is 421 g/mol. The molecule has 0 atom stereocenters. The lowest BCUT2D eigenvalue weighted by atomic mass is 10.1. The molecule has 5 nitrogen and oxygen atoms in total. The number of nitrogens with one attached hydrogen (secondary N) is 2. The molecule has 0 saturated heterocycles. The van der Waals surface area contributed by atoms with Crippen molar-refractivity contribution in [1.29, 1.82) is 0 Å². The van der Waals surface area contributed by atoms with Crippen LogP contribution in [0.2, 0.25) is 0 Å². The van der Waals surface area contributed by atoms with Crippen LogP contribution in [0.15, 0.2) is 17.4 Å². The molecular formula is C16H32IN5. The van der Waals surface area contributed by atoms with Crippen LogP contribution in [0.3, 0.4) is 0 Å². The fourth-order valence-corrected chi connectivity index (χ4v) is 2.13. The van der Waals surface area contributed by atoms with Gasteiger partial charge in [0, 0.05) is 32.9 Å². The Morgan fingerprint density at radius 3 is 2.68 bits per heavy atom. The second-order valence-corrected chi connectivity index (χ2v) is 5.85. The van der Waals surface area contributed by atoms with Crippen LogP contribution in [-0.2, 0) is 13.5 Å². The van der Waals surface area contributed by atoms with E-state index in [0.29, 0.717) is 0 Å². The summed E-state index contributed by atoms with van der Waals surface area (Å²) in [6.07, 6.45) is 8.53. The van der Waals surface area contributed by atoms with Crippen LogP contribution in [0.1, 0.15) is 45.6 Å². The number of hydrogen-bond donors (Lipinski definition) is 2. The van der Waals surface area contributed by atoms with Gasteiger partial charge in [0.05, 0.1) is 6.20 Å². The van der Waals surface area contributed by atoms with E-state index in [1.165, 1.54) is 18.4 Å². The fourth-order valence-electron chi connectivity index (χ4n) is 2.13. The Hall–Kier alpha value is -0.790. The predicted molar refractivity (Wildman–Crippen MR) is 105 cm³/mol. The highest BCUT2D eigenvalue weighted by Gasteiger charge is 1.99. The number of rotatable bonds is 9. The first kappa shape index (κ1) is 21.2. The number of nitrogens with zero attached hydrogens (tertiary/aromatic N) is 3. The van der Waals surface area contributed by atoms with E-state index in [-0.39, 0.29) is 24.0 Å². The minimum Gasteiger partial charge on any atom is -0.357 e. The molecule has 128 valence electrons. The van der Waals surface area contributed by atoms with Gasteiger partial charge in [0.1, 0.15) is 0 Å². The summed E-state index contributed by atoms with van der Waals surface area (Å²) in [5, 5.41) is 10.9. The maximum atomic E-state index is 4.62. The second-order valence-electron chi connectivity index (χ2n) is 5.85. The number of guanidine groups is 1. The summed E-state index contributed by atoms with van der Waals surface area (Å²) >= 11 is 0. The first-order chi connectivity index (χ1) is 10.1. The van der Waals surface area contributed by atoms with Gasteiger partial charge in [-0.15, -0.1) is 24.0 Å². The van der Waals surface area contributed by atoms with Crippen molar-refractivity contribution in [2.75, 3.05) is 19.6 Å². The minimum absolute atomic E-state index is 0. The van der Waals surface area contributed by atoms with Gasteiger partial charge in [-0.05, 0) is 44.1 Å². The van der Waals surface area contributed by atoms with Gasteiger partial charge >= 0.3 is 0 Å². The minimum atomic E-state index is 0. The predicted octanol–water partition coefficient (Wildman–Crippen LogP) is 2.96. The molecule has 1 rings (SSSR count). The zero-order valence-corrected chi connectivity index (χ0v) is 16.8. The quantitative estimate of drug-likeness (QED) is 0.279. The van der Waals surface area contributed by atoms with Crippen LogP contribution in [-0.4, -0.2) is 35.4 Å². The number of hydrogen-bond acceptors (Lipinski definition) is 2. The van der Waals surface area contributed by atoms with Crippen molar-refractivity contribution in [1.82, 2.24) is 20.4 Å². The van der Waals surface area contributed by atoms with Gasteiger partial charge in [-0.3, -0.25) is 9.67 Å². The van der Waals surface area contributed by atoms with Gasteiger partial charge in [0.2, 0.25) is 0 Å². The molecule has 0 radical (unpaired) electrons. The zero-order valence-electron chi connectivity index (χ0n) is 14.4. The first-order valence-corrected chi connectivity index (χ1v) is 8.11. The molecule has 1 aromatic heterocycles. The summed E-state index contributed by atoms with van der Waals surface area (Å²) in [5.74, 6) is 1.71. The molecule has 1 aromatic rings. The third-order valence-electron chi connectivity index (χ3n) is 3.25. The molecular weight excluding hydrogens is 389 g/mol. The molecule has 1 heterocycles. The smallest absolute Gasteiger partial charge is 0.191 e. The summed E-state index contributed by atoms with van der Waals surface area (Å²) in [7, 11) is 1.95. The summed E-state index contributed by atoms with van der Waals surface area (Å²) < 4.78 is 1.85. The van der Waals surface area contributed by atoms with Crippen molar-refractivity contribution in [3.05, 3.63) is 18.0 Å². The molecule has 2 N–H and O–H groups in total. The van der Waals surface area contributed by atoms with Gasteiger partial charge in [0.25, 0.3) is 0 Å². The van der Waals surface area contributed by atoms with Crippen LogP contribution in [0, 0.1) is 5.92 Å². The summed E-state index contributed by atoms with van der Waals surface area (Å²) in [4.78, 5) is 4.62. The van der Waals surface area contributed by atoms with E-state index in [9.17, 15) is 0 Å². The van der Waals surface area contributed by atoms with Crippen LogP contribution in [0.25, 0.3) is 0 Å². The van der Waals surface area contributed by atoms with Gasteiger partial charge in [0.15, 0.2) is 5.96 Å². The van der Waals surface area contributed by atoms with Crippen molar-refractivity contribution in [2.24, 2.45) is 18.0 Å². The highest BCUT2D eigenvalue weighted by molar-refractivity contribution is 14.0. The third-order valence-corrected chi connectivity index (χ3v) is 3.25. The summed E-state index contributed by atoms with van der Waals surface area (Å²) in [6.45, 7) is 9.36. The van der Waals surface area contributed by atoms with Gasteiger partial charge in [-0.2, -0.15) is 5.10 Å². The van der Waals surface area contributed by atoms with E-state index in [0.717, 1.165) is 44.4 Å². The maximum absolute atomic E-state index is 4.62. The topological polar surface area (TPSA) is 54.2 Å². The van der Waals surface area contributed by atoms with Gasteiger partial charge in [-0.1, -0.05) is 13.8 Å². The highest BCUT2D eigenvalue weighted by atomic mass is 127. The second kappa shape index (κ2) is 12.7. The molecule has 0 unspecified atom stereocenters. The number of aromatic nitrogens is 2. The highest BCUT2D eigenvalue weighted by Crippen LogP contribution is 2.02. The number of halogens is 1. The molecule has 0 aliphatic heterocycles. The summed E-state index contributed by atoms with van der Waals surface area (Å²) in [6, 6.07) is 0. The largest absolute Gasteiger partial charge is 0.357 e. The van der Waals surface area contributed by atoms with E-state index >= 15 is 0 Å². The molecule has 0 fully saturated rings. The van der Waals surface area contributed by atoms with Crippen molar-refractivity contribution >= 4 is 29.9 Å². The zero-order chi connectivity index (χ0) is 15.5. The SMILES string of the molecule is CCNC(=NCCCc1cnn(C)c1)NCCCC(C)C.I. The Morgan fingerprint density at radius 1 is 1.32 bits per heavy atom. The average Bonchev–Trinajstić information content (AvgIpc) is 2.85. The lowest BCUT2D eigenvalue weighted by molar-refractivity contribution is 0.549. The van der Waals surface area contributed by atoms with Gasteiger partial charge in [-0.25, -0.2) is 0 Å². The van der Waals surface area contributed by atoms with Crippen LogP contribution >= 0.6 is 24.0 Å². The lowest BCUT2D eigenvalue weighted by Gasteiger charge is -2.11. The van der Waals surface area contributed by atoms with Crippen LogP contribution in [0.5, 0.6) is 0 Å². The maximum Gasteiger partial charge on any atom is 0.191 e. The van der Waals surface area contributed by atoms with E-state index < -0.39 is 0 Å². The van der Waals surface area contributed by atoms with Crippen molar-refractivity contribution in [3.63, 3.8) is 0 Å². The van der Waals surface area contributed by atoms with Crippen molar-refractivity contribution in [2.45, 2.75) is 46.5 Å². The van der Waals surface area contributed by atoms with E-state index in [1.54, 1.807) is 0 Å². The fraction of sp³-hybridized carbons (Fsp3) is 0.750. The molecule has 22 heavy (non-hydrogen) atoms. The Balaban J connectivity index is 0.00000441. The van der Waals surface area contributed by atoms with Gasteiger partial charge < -0.3 is 10.6 Å². The Bertz CT molecular complexity index is 414. The molecule has 0 aromatic carbocycles. The van der Waals surface area contributed by atoms with Crippen molar-refractivity contribution in [3.8, 4) is 0 Å². The Labute approximate surface area is 152 Å². The van der Waals surface area contributed by atoms with Crippen molar-refractivity contribution < 1.29 is 0 Å². The molecule has 0 spiro atoms. The molecule has 0 aliphatic carbocycles. The number of aliphatic imine (C=N–C) groups is 1. The van der Waals surface area contributed by atoms with E-state index in [1.807, 2.05) is 17.9 Å². The molecule has 0 aliphatic rings. The Morgan fingerprint density at radius 2 is 2.09 bits per heavy atom.